The van der Waals surface area contributed by atoms with Crippen LogP contribution < -0.4 is 0 Å². The van der Waals surface area contributed by atoms with Gasteiger partial charge in [-0.2, -0.15) is 0 Å². The molecule has 0 bridgehead atoms. The Hall–Kier alpha value is -1.05. The summed E-state index contributed by atoms with van der Waals surface area (Å²) in [5.41, 5.74) is 2.53. The molecule has 8 atom stereocenters. The molecule has 2 nitrogen and oxygen atoms in total. The predicted octanol–water partition coefficient (Wildman–Crippen LogP) is 14.0. The van der Waals surface area contributed by atoms with E-state index in [1.54, 1.807) is 5.57 Å². The average Bonchev–Trinajstić information content (AvgIpc) is 3.40. The molecule has 4 rings (SSSR count). The molecular weight excluding hydrogens is 572 g/mol. The van der Waals surface area contributed by atoms with Crippen molar-refractivity contribution in [3.05, 3.63) is 23.8 Å². The Morgan fingerprint density at radius 3 is 2.19 bits per heavy atom. The fourth-order valence-corrected chi connectivity index (χ4v) is 11.3. The van der Waals surface area contributed by atoms with Gasteiger partial charge in [-0.25, -0.2) is 0 Å². The van der Waals surface area contributed by atoms with Crippen LogP contribution >= 0.6 is 0 Å². The summed E-state index contributed by atoms with van der Waals surface area (Å²) in [6, 6.07) is 0. The summed E-state index contributed by atoms with van der Waals surface area (Å²) < 4.78 is 6.12. The summed E-state index contributed by atoms with van der Waals surface area (Å²) >= 11 is 0. The number of allylic oxidation sites excluding steroid dienone is 3. The van der Waals surface area contributed by atoms with Crippen molar-refractivity contribution in [2.75, 3.05) is 0 Å². The van der Waals surface area contributed by atoms with E-state index < -0.39 is 0 Å². The molecule has 3 fully saturated rings. The van der Waals surface area contributed by atoms with Crippen molar-refractivity contribution in [3.8, 4) is 0 Å². The Kier molecular flexibility index (Phi) is 16.0. The smallest absolute Gasteiger partial charge is 0.306 e. The molecule has 3 saturated carbocycles. The molecule has 0 unspecified atom stereocenters. The fraction of sp³-hybridized carbons (Fsp3) is 0.889. The maximum atomic E-state index is 12.8. The van der Waals surface area contributed by atoms with E-state index in [4.69, 9.17) is 4.74 Å². The molecule has 47 heavy (non-hydrogen) atoms. The third-order valence-corrected chi connectivity index (χ3v) is 14.2. The highest BCUT2D eigenvalue weighted by Crippen LogP contribution is 2.67. The second-order valence-corrected chi connectivity index (χ2v) is 18.0. The molecular formula is C45H78O2. The first kappa shape index (κ1) is 38.7. The van der Waals surface area contributed by atoms with Crippen molar-refractivity contribution in [2.45, 2.75) is 208 Å². The molecule has 4 aliphatic carbocycles. The highest BCUT2D eigenvalue weighted by molar-refractivity contribution is 5.69. The minimum atomic E-state index is 0.0541. The van der Waals surface area contributed by atoms with E-state index in [1.807, 2.05) is 0 Å². The third-order valence-electron chi connectivity index (χ3n) is 14.2. The van der Waals surface area contributed by atoms with Gasteiger partial charge in [0, 0.05) is 12.8 Å². The van der Waals surface area contributed by atoms with E-state index in [0.29, 0.717) is 17.3 Å². The van der Waals surface area contributed by atoms with Crippen LogP contribution in [0.2, 0.25) is 0 Å². The van der Waals surface area contributed by atoms with Gasteiger partial charge in [0.1, 0.15) is 6.10 Å². The quantitative estimate of drug-likeness (QED) is 0.0702. The van der Waals surface area contributed by atoms with E-state index in [9.17, 15) is 4.79 Å². The van der Waals surface area contributed by atoms with Crippen molar-refractivity contribution in [3.63, 3.8) is 0 Å². The summed E-state index contributed by atoms with van der Waals surface area (Å²) in [4.78, 5) is 12.8. The van der Waals surface area contributed by atoms with Crippen molar-refractivity contribution < 1.29 is 9.53 Å². The summed E-state index contributed by atoms with van der Waals surface area (Å²) in [7, 11) is 0. The second kappa shape index (κ2) is 19.4. The fourth-order valence-electron chi connectivity index (χ4n) is 11.3. The molecule has 0 aliphatic heterocycles. The number of carbonyl (C=O) groups is 1. The SMILES string of the molecule is CCCCCCCCC=CCCCCCCCC(=O)O[C@@H]1CC[C@@]2(C)C(=CC[C@H]3[C@@H]4CC[C@H]([C@H](C)CCCC(C)C)[C@@]4(C)CC[C@@H]32)C1. The minimum Gasteiger partial charge on any atom is -0.462 e. The Morgan fingerprint density at radius 2 is 1.49 bits per heavy atom. The van der Waals surface area contributed by atoms with Crippen LogP contribution in [0.5, 0.6) is 0 Å². The summed E-state index contributed by atoms with van der Waals surface area (Å²) in [5.74, 6) is 5.31. The largest absolute Gasteiger partial charge is 0.462 e. The highest BCUT2D eigenvalue weighted by Gasteiger charge is 2.59. The van der Waals surface area contributed by atoms with E-state index in [-0.39, 0.29) is 12.1 Å². The molecule has 0 aromatic rings. The van der Waals surface area contributed by atoms with Crippen LogP contribution in [0.25, 0.3) is 0 Å². The molecule has 0 amide bonds. The number of esters is 1. The lowest BCUT2D eigenvalue weighted by atomic mass is 9.47. The summed E-state index contributed by atoms with van der Waals surface area (Å²) in [6.07, 6.45) is 39.5. The van der Waals surface area contributed by atoms with Crippen molar-refractivity contribution in [1.29, 1.82) is 0 Å². The molecule has 4 aliphatic rings. The Morgan fingerprint density at radius 1 is 0.809 bits per heavy atom. The summed E-state index contributed by atoms with van der Waals surface area (Å²) in [5, 5.41) is 0. The lowest BCUT2D eigenvalue weighted by Crippen LogP contribution is -2.51. The molecule has 270 valence electrons. The molecule has 0 spiro atoms. The minimum absolute atomic E-state index is 0.0541. The van der Waals surface area contributed by atoms with Crippen molar-refractivity contribution in [2.24, 2.45) is 46.3 Å². The van der Waals surface area contributed by atoms with Crippen LogP contribution in [0.4, 0.5) is 0 Å². The van der Waals surface area contributed by atoms with Crippen LogP contribution in [0, 0.1) is 46.3 Å². The van der Waals surface area contributed by atoms with Crippen molar-refractivity contribution >= 4 is 5.97 Å². The lowest BCUT2D eigenvalue weighted by molar-refractivity contribution is -0.151. The van der Waals surface area contributed by atoms with Gasteiger partial charge >= 0.3 is 5.97 Å². The molecule has 0 radical (unpaired) electrons. The molecule has 0 aromatic carbocycles. The van der Waals surface area contributed by atoms with Crippen molar-refractivity contribution in [1.82, 2.24) is 0 Å². The number of rotatable bonds is 21. The van der Waals surface area contributed by atoms with Gasteiger partial charge in [-0.05, 0) is 123 Å². The first-order chi connectivity index (χ1) is 22.7. The second-order valence-electron chi connectivity index (χ2n) is 18.0. The number of hydrogen-bond donors (Lipinski definition) is 0. The van der Waals surface area contributed by atoms with E-state index in [0.717, 1.165) is 61.2 Å². The Labute approximate surface area is 293 Å². The molecule has 0 saturated heterocycles. The maximum absolute atomic E-state index is 12.8. The third kappa shape index (κ3) is 10.7. The molecule has 0 heterocycles. The van der Waals surface area contributed by atoms with Gasteiger partial charge in [-0.3, -0.25) is 4.79 Å². The van der Waals surface area contributed by atoms with Gasteiger partial charge in [0.25, 0.3) is 0 Å². The Bertz CT molecular complexity index is 976. The number of carbonyl (C=O) groups excluding carboxylic acids is 1. The predicted molar refractivity (Wildman–Crippen MR) is 202 cm³/mol. The first-order valence-corrected chi connectivity index (χ1v) is 21.2. The zero-order valence-electron chi connectivity index (χ0n) is 32.3. The van der Waals surface area contributed by atoms with Gasteiger partial charge < -0.3 is 4.74 Å². The number of hydrogen-bond acceptors (Lipinski definition) is 2. The normalized spacial score (nSPS) is 32.6. The highest BCUT2D eigenvalue weighted by atomic mass is 16.5. The van der Waals surface area contributed by atoms with Crippen LogP contribution in [0.15, 0.2) is 23.8 Å². The summed E-state index contributed by atoms with van der Waals surface area (Å²) in [6.45, 7) is 14.9. The number of unbranched alkanes of at least 4 members (excludes halogenated alkanes) is 11. The van der Waals surface area contributed by atoms with Gasteiger partial charge in [-0.15, -0.1) is 0 Å². The van der Waals surface area contributed by atoms with Gasteiger partial charge in [0.05, 0.1) is 0 Å². The van der Waals surface area contributed by atoms with E-state index >= 15 is 0 Å². The van der Waals surface area contributed by atoms with Gasteiger partial charge in [-0.1, -0.05) is 136 Å². The monoisotopic (exact) mass is 651 g/mol. The average molecular weight is 651 g/mol. The van der Waals surface area contributed by atoms with Crippen LogP contribution in [-0.4, -0.2) is 12.1 Å². The van der Waals surface area contributed by atoms with Crippen LogP contribution in [0.1, 0.15) is 202 Å². The zero-order valence-corrected chi connectivity index (χ0v) is 32.3. The van der Waals surface area contributed by atoms with Gasteiger partial charge in [0.15, 0.2) is 0 Å². The topological polar surface area (TPSA) is 26.3 Å². The first-order valence-electron chi connectivity index (χ1n) is 21.2. The van der Waals surface area contributed by atoms with Crippen LogP contribution in [0.3, 0.4) is 0 Å². The number of fused-ring (bicyclic) bond motifs is 5. The van der Waals surface area contributed by atoms with E-state index in [2.05, 4.69) is 59.8 Å². The molecule has 2 heteroatoms. The number of ether oxygens (including phenoxy) is 1. The standard InChI is InChI=1S/C45H78O2/c1-7-8-9-10-11-12-13-14-15-16-17-18-19-20-21-25-43(46)47-38-30-32-44(5)37(34-38)26-27-39-41-29-28-40(36(4)24-22-23-35(2)3)45(41,6)33-31-42(39)44/h14-15,26,35-36,38-42H,7-13,16-25,27-34H2,1-6H3/t36-,38-,39+,40-,41+,42+,44+,45-/m1/s1. The molecule has 0 aromatic heterocycles. The van der Waals surface area contributed by atoms with Gasteiger partial charge in [0.2, 0.25) is 0 Å². The Balaban J connectivity index is 1.12. The zero-order chi connectivity index (χ0) is 33.7. The maximum Gasteiger partial charge on any atom is 0.306 e. The lowest BCUT2D eigenvalue weighted by Gasteiger charge is -2.58. The van der Waals surface area contributed by atoms with E-state index in [1.165, 1.54) is 128 Å². The molecule has 0 N–H and O–H groups in total. The van der Waals surface area contributed by atoms with Crippen LogP contribution in [-0.2, 0) is 9.53 Å².